The van der Waals surface area contributed by atoms with Gasteiger partial charge in [-0.05, 0) is 68.9 Å². The number of piperidine rings is 1. The van der Waals surface area contributed by atoms with Crippen molar-refractivity contribution in [3.63, 3.8) is 0 Å². The fourth-order valence-corrected chi connectivity index (χ4v) is 5.05. The van der Waals surface area contributed by atoms with E-state index in [0.717, 1.165) is 28.0 Å². The van der Waals surface area contributed by atoms with E-state index in [4.69, 9.17) is 14.9 Å². The van der Waals surface area contributed by atoms with Crippen molar-refractivity contribution in [2.75, 3.05) is 44.4 Å². The lowest BCUT2D eigenvalue weighted by molar-refractivity contribution is 0.230. The number of fused-ring (bicyclic) bond motifs is 1. The van der Waals surface area contributed by atoms with Crippen LogP contribution in [0.5, 0.6) is 5.75 Å². The Morgan fingerprint density at radius 1 is 1.19 bits per heavy atom. The van der Waals surface area contributed by atoms with Crippen LogP contribution in [0, 0.1) is 0 Å². The quantitative estimate of drug-likeness (QED) is 0.211. The van der Waals surface area contributed by atoms with Crippen molar-refractivity contribution in [1.82, 2.24) is 4.90 Å². The molecule has 2 aromatic carbocycles. The van der Waals surface area contributed by atoms with Gasteiger partial charge >= 0.3 is 0 Å². The first-order valence-electron chi connectivity index (χ1n) is 11.2. The maximum Gasteiger partial charge on any atom is 0.214 e. The molecule has 0 radical (unpaired) electrons. The number of anilines is 2. The van der Waals surface area contributed by atoms with Gasteiger partial charge in [-0.2, -0.15) is 0 Å². The van der Waals surface area contributed by atoms with E-state index in [1.54, 1.807) is 20.4 Å². The average Bonchev–Trinajstić information content (AvgIpc) is 3.26. The summed E-state index contributed by atoms with van der Waals surface area (Å²) in [5, 5.41) is 1.99. The van der Waals surface area contributed by atoms with Gasteiger partial charge in [-0.15, -0.1) is 11.8 Å². The van der Waals surface area contributed by atoms with E-state index in [-0.39, 0.29) is 0 Å². The molecular weight excluding hydrogens is 420 g/mol. The van der Waals surface area contributed by atoms with Gasteiger partial charge in [0.1, 0.15) is 12.0 Å². The smallest absolute Gasteiger partial charge is 0.214 e. The highest BCUT2D eigenvalue weighted by molar-refractivity contribution is 7.99. The second-order valence-electron chi connectivity index (χ2n) is 7.98. The van der Waals surface area contributed by atoms with Crippen LogP contribution < -0.4 is 15.4 Å². The third kappa shape index (κ3) is 5.05. The highest BCUT2D eigenvalue weighted by Gasteiger charge is 2.23. The summed E-state index contributed by atoms with van der Waals surface area (Å²) in [6, 6.07) is 14.2. The number of furan rings is 1. The van der Waals surface area contributed by atoms with Crippen LogP contribution in [0.25, 0.3) is 10.8 Å². The van der Waals surface area contributed by atoms with Crippen LogP contribution in [0.1, 0.15) is 25.7 Å². The Labute approximate surface area is 194 Å². The molecule has 6 nitrogen and oxygen atoms in total. The first kappa shape index (κ1) is 22.6. The van der Waals surface area contributed by atoms with Crippen molar-refractivity contribution in [2.45, 2.75) is 30.6 Å². The molecule has 0 aliphatic carbocycles. The Kier molecular flexibility index (Phi) is 7.60. The molecular formula is C25H32N4O2S. The highest BCUT2D eigenvalue weighted by Crippen LogP contribution is 2.40. The Balaban J connectivity index is 1.56. The van der Waals surface area contributed by atoms with E-state index in [1.165, 1.54) is 50.2 Å². The molecule has 7 heteroatoms. The minimum absolute atomic E-state index is 0.343. The lowest BCUT2D eigenvalue weighted by Crippen LogP contribution is -2.33. The zero-order valence-corrected chi connectivity index (χ0v) is 19.7. The number of hydrogen-bond donors (Lipinski definition) is 1. The van der Waals surface area contributed by atoms with E-state index in [1.807, 2.05) is 47.0 Å². The monoisotopic (exact) mass is 452 g/mol. The molecule has 1 fully saturated rings. The number of nitrogens with two attached hydrogens (primary N) is 1. The van der Waals surface area contributed by atoms with Gasteiger partial charge in [0.05, 0.1) is 12.8 Å². The summed E-state index contributed by atoms with van der Waals surface area (Å²) in [5.74, 6) is 2.77. The van der Waals surface area contributed by atoms with Crippen molar-refractivity contribution in [2.24, 2.45) is 10.7 Å². The van der Waals surface area contributed by atoms with Crippen molar-refractivity contribution in [3.8, 4) is 5.75 Å². The van der Waals surface area contributed by atoms with Crippen molar-refractivity contribution in [1.29, 1.82) is 0 Å². The maximum atomic E-state index is 6.36. The molecule has 2 heterocycles. The zero-order valence-electron chi connectivity index (χ0n) is 18.9. The number of rotatable bonds is 8. The topological polar surface area (TPSA) is 67.2 Å². The average molecular weight is 453 g/mol. The second-order valence-corrected chi connectivity index (χ2v) is 9.15. The van der Waals surface area contributed by atoms with E-state index in [2.05, 4.69) is 22.0 Å². The Morgan fingerprint density at radius 3 is 2.78 bits per heavy atom. The number of nitrogens with zero attached hydrogens (tertiary/aromatic N) is 3. The molecule has 170 valence electrons. The molecule has 32 heavy (non-hydrogen) atoms. The van der Waals surface area contributed by atoms with Crippen molar-refractivity contribution < 1.29 is 9.15 Å². The highest BCUT2D eigenvalue weighted by atomic mass is 32.2. The summed E-state index contributed by atoms with van der Waals surface area (Å²) in [7, 11) is 3.35. The van der Waals surface area contributed by atoms with Gasteiger partial charge in [0.15, 0.2) is 0 Å². The normalized spacial score (nSPS) is 15.2. The number of hydrogen-bond acceptors (Lipinski definition) is 5. The molecule has 0 saturated carbocycles. The Bertz CT molecular complexity index is 1060. The van der Waals surface area contributed by atoms with Crippen LogP contribution in [0.3, 0.4) is 0 Å². The minimum Gasteiger partial charge on any atom is -0.495 e. The van der Waals surface area contributed by atoms with Gasteiger partial charge in [0, 0.05) is 22.7 Å². The van der Waals surface area contributed by atoms with Gasteiger partial charge in [0.2, 0.25) is 11.8 Å². The van der Waals surface area contributed by atoms with Gasteiger partial charge < -0.3 is 19.8 Å². The number of thioether (sulfide) groups is 1. The van der Waals surface area contributed by atoms with E-state index >= 15 is 0 Å². The van der Waals surface area contributed by atoms with E-state index in [0.29, 0.717) is 11.8 Å². The van der Waals surface area contributed by atoms with E-state index in [9.17, 15) is 0 Å². The van der Waals surface area contributed by atoms with E-state index < -0.39 is 0 Å². The third-order valence-corrected chi connectivity index (χ3v) is 6.96. The van der Waals surface area contributed by atoms with Crippen LogP contribution in [0.2, 0.25) is 0 Å². The molecule has 2 N–H and O–H groups in total. The van der Waals surface area contributed by atoms with Gasteiger partial charge in [-0.3, -0.25) is 4.99 Å². The zero-order chi connectivity index (χ0) is 22.3. The van der Waals surface area contributed by atoms with Crippen LogP contribution >= 0.6 is 11.8 Å². The molecule has 0 spiro atoms. The standard InChI is InChI=1S/C25H32N4O2S/c1-27-25(26)29(24-21-10-5-4-9-19(21)18-31-24)22-17-20(11-12-23(22)30-2)32-16-8-15-28-13-6-3-7-14-28/h4-5,9-12,17-18H,3,6-8,13-16H2,1-2H3,(H2,26,27). The molecule has 1 saturated heterocycles. The second kappa shape index (κ2) is 10.8. The predicted octanol–water partition coefficient (Wildman–Crippen LogP) is 5.49. The molecule has 4 rings (SSSR count). The molecule has 0 bridgehead atoms. The number of ether oxygens (including phenoxy) is 1. The van der Waals surface area contributed by atoms with Gasteiger partial charge in [-0.1, -0.05) is 24.6 Å². The summed E-state index contributed by atoms with van der Waals surface area (Å²) in [4.78, 5) is 9.84. The van der Waals surface area contributed by atoms with Gasteiger partial charge in [-0.25, -0.2) is 4.90 Å². The van der Waals surface area contributed by atoms with Crippen molar-refractivity contribution >= 4 is 40.1 Å². The fourth-order valence-electron chi connectivity index (χ4n) is 4.18. The first-order valence-corrected chi connectivity index (χ1v) is 12.2. The summed E-state index contributed by atoms with van der Waals surface area (Å²) in [6.45, 7) is 3.67. The molecule has 1 aromatic heterocycles. The lowest BCUT2D eigenvalue weighted by atomic mass is 10.1. The first-order chi connectivity index (χ1) is 15.7. The number of guanidine groups is 1. The summed E-state index contributed by atoms with van der Waals surface area (Å²) in [6.07, 6.45) is 6.98. The summed E-state index contributed by atoms with van der Waals surface area (Å²) >= 11 is 1.86. The predicted molar refractivity (Wildman–Crippen MR) is 135 cm³/mol. The number of benzene rings is 2. The maximum absolute atomic E-state index is 6.36. The molecule has 0 amide bonds. The minimum atomic E-state index is 0.343. The fraction of sp³-hybridized carbons (Fsp3) is 0.400. The third-order valence-electron chi connectivity index (χ3n) is 5.88. The lowest BCUT2D eigenvalue weighted by Gasteiger charge is -2.26. The SMILES string of the molecule is CN=C(N)N(c1cc(SCCCN2CCCCC2)ccc1OC)c1occ2ccccc12. The Hall–Kier alpha value is -2.64. The van der Waals surface area contributed by atoms with Crippen LogP contribution in [0.15, 0.2) is 63.0 Å². The van der Waals surface area contributed by atoms with Crippen LogP contribution in [-0.2, 0) is 0 Å². The van der Waals surface area contributed by atoms with Crippen LogP contribution in [-0.4, -0.2) is 50.4 Å². The molecule has 3 aromatic rings. The Morgan fingerprint density at radius 2 is 2.00 bits per heavy atom. The van der Waals surface area contributed by atoms with Crippen LogP contribution in [0.4, 0.5) is 11.6 Å². The summed E-state index contributed by atoms with van der Waals surface area (Å²) < 4.78 is 11.6. The number of methoxy groups -OCH3 is 1. The molecule has 1 aliphatic heterocycles. The molecule has 1 aliphatic rings. The number of aliphatic imine (C=N–C) groups is 1. The number of likely N-dealkylation sites (tertiary alicyclic amines) is 1. The summed E-state index contributed by atoms with van der Waals surface area (Å²) in [5.41, 5.74) is 7.17. The largest absolute Gasteiger partial charge is 0.495 e. The molecule has 0 atom stereocenters. The van der Waals surface area contributed by atoms with Gasteiger partial charge in [0.25, 0.3) is 0 Å². The van der Waals surface area contributed by atoms with Crippen molar-refractivity contribution in [3.05, 3.63) is 48.7 Å². The molecule has 0 unspecified atom stereocenters.